The summed E-state index contributed by atoms with van der Waals surface area (Å²) >= 11 is 0. The molecule has 186 valence electrons. The number of carbonyl (C=O) groups excluding carboxylic acids is 1. The lowest BCUT2D eigenvalue weighted by Gasteiger charge is -2.19. The molecule has 6 nitrogen and oxygen atoms in total. The van der Waals surface area contributed by atoms with Crippen molar-refractivity contribution in [2.75, 3.05) is 37.9 Å². The minimum Gasteiger partial charge on any atom is -0.493 e. The van der Waals surface area contributed by atoms with Crippen LogP contribution in [0.5, 0.6) is 11.5 Å². The van der Waals surface area contributed by atoms with Crippen molar-refractivity contribution in [3.63, 3.8) is 0 Å². The van der Waals surface area contributed by atoms with Gasteiger partial charge in [-0.05, 0) is 55.2 Å². The highest BCUT2D eigenvalue weighted by molar-refractivity contribution is 5.93. The molecule has 0 aliphatic heterocycles. The zero-order valence-electron chi connectivity index (χ0n) is 21.0. The smallest absolute Gasteiger partial charge is 0.244 e. The number of hydrogen-bond donors (Lipinski definition) is 3. The molecule has 0 fully saturated rings. The number of amides is 1. The molecule has 0 saturated carbocycles. The maximum absolute atomic E-state index is 12.4. The first-order valence-corrected chi connectivity index (χ1v) is 12.5. The van der Waals surface area contributed by atoms with Crippen LogP contribution in [0, 0.1) is 0 Å². The monoisotopic (exact) mass is 467 g/mol. The molecule has 0 bridgehead atoms. The molecule has 0 aliphatic rings. The van der Waals surface area contributed by atoms with Crippen LogP contribution < -0.4 is 25.8 Å². The van der Waals surface area contributed by atoms with Crippen molar-refractivity contribution in [1.82, 2.24) is 5.32 Å². The first-order valence-electron chi connectivity index (χ1n) is 12.5. The number of nitrogens with one attached hydrogen (secondary N) is 2. The second-order valence-corrected chi connectivity index (χ2v) is 8.37. The lowest BCUT2D eigenvalue weighted by atomic mass is 10.1. The molecular weight excluding hydrogens is 426 g/mol. The predicted molar refractivity (Wildman–Crippen MR) is 143 cm³/mol. The van der Waals surface area contributed by atoms with E-state index in [2.05, 4.69) is 24.5 Å². The Morgan fingerprint density at radius 2 is 1.71 bits per heavy atom. The Kier molecular flexibility index (Phi) is 12.5. The van der Waals surface area contributed by atoms with Gasteiger partial charge in [0.15, 0.2) is 11.5 Å². The standard InChI is InChI=1S/C28H41N3O3/c1-4-6-8-19-31-27-23(12-16-25(33-3)28(27)34-21-9-7-5-2)13-17-26(32)30-20-18-22-10-14-24(29)15-11-22/h10-17,31H,4-9,18-21,29H2,1-3H3,(H,30,32). The van der Waals surface area contributed by atoms with E-state index in [4.69, 9.17) is 15.2 Å². The molecule has 0 spiro atoms. The maximum atomic E-state index is 12.4. The van der Waals surface area contributed by atoms with E-state index < -0.39 is 0 Å². The van der Waals surface area contributed by atoms with Crippen molar-refractivity contribution in [1.29, 1.82) is 0 Å². The highest BCUT2D eigenvalue weighted by Gasteiger charge is 2.15. The number of unbranched alkanes of at least 4 members (excludes halogenated alkanes) is 4. The minimum absolute atomic E-state index is 0.131. The highest BCUT2D eigenvalue weighted by Crippen LogP contribution is 2.39. The molecule has 0 aromatic heterocycles. The third-order valence-corrected chi connectivity index (χ3v) is 5.56. The van der Waals surface area contributed by atoms with E-state index in [0.29, 0.717) is 24.7 Å². The average molecular weight is 468 g/mol. The van der Waals surface area contributed by atoms with Crippen molar-refractivity contribution in [3.05, 3.63) is 53.6 Å². The van der Waals surface area contributed by atoms with Gasteiger partial charge in [-0.2, -0.15) is 0 Å². The summed E-state index contributed by atoms with van der Waals surface area (Å²) in [5.74, 6) is 1.27. The van der Waals surface area contributed by atoms with Gasteiger partial charge in [0.1, 0.15) is 0 Å². The first kappa shape index (κ1) is 27.1. The van der Waals surface area contributed by atoms with E-state index in [1.807, 2.05) is 42.5 Å². The summed E-state index contributed by atoms with van der Waals surface area (Å²) in [5, 5.41) is 6.47. The molecule has 0 radical (unpaired) electrons. The van der Waals surface area contributed by atoms with Gasteiger partial charge in [0.25, 0.3) is 0 Å². The Morgan fingerprint density at radius 3 is 2.41 bits per heavy atom. The third kappa shape index (κ3) is 9.38. The summed E-state index contributed by atoms with van der Waals surface area (Å²) in [6.07, 6.45) is 10.8. The molecule has 0 heterocycles. The van der Waals surface area contributed by atoms with Gasteiger partial charge < -0.3 is 25.8 Å². The van der Waals surface area contributed by atoms with Crippen LogP contribution in [0.2, 0.25) is 0 Å². The minimum atomic E-state index is -0.131. The van der Waals surface area contributed by atoms with Gasteiger partial charge in [0, 0.05) is 30.4 Å². The molecule has 0 saturated heterocycles. The molecule has 2 aromatic rings. The van der Waals surface area contributed by atoms with Gasteiger partial charge in [-0.25, -0.2) is 0 Å². The van der Waals surface area contributed by atoms with Crippen LogP contribution in [0.3, 0.4) is 0 Å². The number of methoxy groups -OCH3 is 1. The van der Waals surface area contributed by atoms with E-state index in [9.17, 15) is 4.79 Å². The fourth-order valence-corrected chi connectivity index (χ4v) is 3.56. The molecule has 2 rings (SSSR count). The summed E-state index contributed by atoms with van der Waals surface area (Å²) in [6, 6.07) is 11.6. The summed E-state index contributed by atoms with van der Waals surface area (Å²) in [6.45, 7) is 6.39. The number of nitrogen functional groups attached to an aromatic ring is 1. The molecule has 0 aliphatic carbocycles. The average Bonchev–Trinajstić information content (AvgIpc) is 2.85. The van der Waals surface area contributed by atoms with Crippen LogP contribution in [0.15, 0.2) is 42.5 Å². The Hall–Kier alpha value is -3.15. The SMILES string of the molecule is CCCCCNc1c(C=CC(=O)NCCc2ccc(N)cc2)ccc(OC)c1OCCCCC. The molecule has 0 unspecified atom stereocenters. The number of carbonyl (C=O) groups is 1. The second kappa shape index (κ2) is 15.6. The zero-order valence-corrected chi connectivity index (χ0v) is 21.0. The number of hydrogen-bond acceptors (Lipinski definition) is 5. The second-order valence-electron chi connectivity index (χ2n) is 8.37. The van der Waals surface area contributed by atoms with Gasteiger partial charge in [0.05, 0.1) is 19.4 Å². The summed E-state index contributed by atoms with van der Waals surface area (Å²) in [7, 11) is 1.65. The predicted octanol–water partition coefficient (Wildman–Crippen LogP) is 5.82. The Morgan fingerprint density at radius 1 is 0.971 bits per heavy atom. The van der Waals surface area contributed by atoms with Gasteiger partial charge in [-0.3, -0.25) is 4.79 Å². The van der Waals surface area contributed by atoms with Crippen molar-refractivity contribution in [2.45, 2.75) is 58.8 Å². The Balaban J connectivity index is 2.09. The number of ether oxygens (including phenoxy) is 2. The summed E-state index contributed by atoms with van der Waals surface area (Å²) in [4.78, 5) is 12.4. The van der Waals surface area contributed by atoms with E-state index in [1.165, 1.54) is 0 Å². The quantitative estimate of drug-likeness (QED) is 0.164. The lowest BCUT2D eigenvalue weighted by Crippen LogP contribution is -2.23. The van der Waals surface area contributed by atoms with Gasteiger partial charge in [-0.1, -0.05) is 51.7 Å². The normalized spacial score (nSPS) is 10.9. The number of nitrogens with two attached hydrogens (primary N) is 1. The summed E-state index contributed by atoms with van der Waals surface area (Å²) in [5.41, 5.74) is 9.37. The molecular formula is C28H41N3O3. The molecule has 1 amide bonds. The topological polar surface area (TPSA) is 85.6 Å². The Bertz CT molecular complexity index is 895. The van der Waals surface area contributed by atoms with Crippen molar-refractivity contribution in [3.8, 4) is 11.5 Å². The number of anilines is 2. The zero-order chi connectivity index (χ0) is 24.6. The molecule has 2 aromatic carbocycles. The highest BCUT2D eigenvalue weighted by atomic mass is 16.5. The largest absolute Gasteiger partial charge is 0.493 e. The summed E-state index contributed by atoms with van der Waals surface area (Å²) < 4.78 is 11.7. The molecule has 0 atom stereocenters. The molecule has 34 heavy (non-hydrogen) atoms. The number of rotatable bonds is 16. The third-order valence-electron chi connectivity index (χ3n) is 5.56. The van der Waals surface area contributed by atoms with Gasteiger partial charge >= 0.3 is 0 Å². The maximum Gasteiger partial charge on any atom is 0.244 e. The van der Waals surface area contributed by atoms with Crippen molar-refractivity contribution in [2.24, 2.45) is 0 Å². The fraction of sp³-hybridized carbons (Fsp3) is 0.464. The van der Waals surface area contributed by atoms with Crippen molar-refractivity contribution >= 4 is 23.4 Å². The lowest BCUT2D eigenvalue weighted by molar-refractivity contribution is -0.116. The Labute approximate surface area is 204 Å². The van der Waals surface area contributed by atoms with Crippen LogP contribution in [0.25, 0.3) is 6.08 Å². The molecule has 6 heteroatoms. The first-order chi connectivity index (χ1) is 16.6. The van der Waals surface area contributed by atoms with Crippen LogP contribution in [0.4, 0.5) is 11.4 Å². The van der Waals surface area contributed by atoms with E-state index in [1.54, 1.807) is 13.2 Å². The molecule has 4 N–H and O–H groups in total. The van der Waals surface area contributed by atoms with Crippen LogP contribution in [-0.2, 0) is 11.2 Å². The number of benzene rings is 2. The van der Waals surface area contributed by atoms with E-state index in [-0.39, 0.29) is 5.91 Å². The fourth-order valence-electron chi connectivity index (χ4n) is 3.56. The van der Waals surface area contributed by atoms with E-state index >= 15 is 0 Å². The van der Waals surface area contributed by atoms with Gasteiger partial charge in [0.2, 0.25) is 5.91 Å². The van der Waals surface area contributed by atoms with Gasteiger partial charge in [-0.15, -0.1) is 0 Å². The van der Waals surface area contributed by atoms with E-state index in [0.717, 1.165) is 74.0 Å². The van der Waals surface area contributed by atoms with Crippen LogP contribution in [-0.4, -0.2) is 32.7 Å². The van der Waals surface area contributed by atoms with Crippen LogP contribution >= 0.6 is 0 Å². The van der Waals surface area contributed by atoms with Crippen LogP contribution in [0.1, 0.15) is 63.5 Å². The van der Waals surface area contributed by atoms with Crippen molar-refractivity contribution < 1.29 is 14.3 Å².